The van der Waals surface area contributed by atoms with Crippen LogP contribution in [0.1, 0.15) is 110 Å². The number of phenols is 1. The molecule has 0 radical (unpaired) electrons. The van der Waals surface area contributed by atoms with Crippen LogP contribution in [0.5, 0.6) is 11.5 Å². The van der Waals surface area contributed by atoms with Gasteiger partial charge in [-0.1, -0.05) is 104 Å². The summed E-state index contributed by atoms with van der Waals surface area (Å²) in [5.74, 6) is 0.885. The highest BCUT2D eigenvalue weighted by atomic mass is 32.2. The summed E-state index contributed by atoms with van der Waals surface area (Å²) in [5, 5.41) is 14.8. The highest BCUT2D eigenvalue weighted by Crippen LogP contribution is 2.18. The number of hydrogen-bond acceptors (Lipinski definition) is 5. The van der Waals surface area contributed by atoms with Gasteiger partial charge in [-0.3, -0.25) is 10.1 Å². The third-order valence-corrected chi connectivity index (χ3v) is 7.46. The first kappa shape index (κ1) is 32.1. The SMILES string of the molecule is CCCCCCCCCCCCCCCCC(C)SCCNC(=O)NC(=O)COc1ccc(O)cc1. The van der Waals surface area contributed by atoms with Crippen LogP contribution in [-0.2, 0) is 4.79 Å². The number of carbonyl (C=O) groups excluding carboxylic acids is 2. The van der Waals surface area contributed by atoms with E-state index in [1.165, 1.54) is 108 Å². The molecule has 0 fully saturated rings. The number of unbranched alkanes of at least 4 members (excludes halogenated alkanes) is 13. The van der Waals surface area contributed by atoms with Crippen LogP contribution in [-0.4, -0.2) is 41.2 Å². The Bertz CT molecular complexity index is 684. The van der Waals surface area contributed by atoms with Crippen LogP contribution in [0, 0.1) is 0 Å². The summed E-state index contributed by atoms with van der Waals surface area (Å²) < 4.78 is 5.28. The van der Waals surface area contributed by atoms with Gasteiger partial charge in [-0.05, 0) is 30.7 Å². The maximum atomic E-state index is 11.8. The zero-order chi connectivity index (χ0) is 26.3. The molecular weight excluding hydrogens is 472 g/mol. The van der Waals surface area contributed by atoms with Crippen LogP contribution >= 0.6 is 11.8 Å². The van der Waals surface area contributed by atoms with E-state index in [0.29, 0.717) is 17.5 Å². The maximum Gasteiger partial charge on any atom is 0.321 e. The van der Waals surface area contributed by atoms with Gasteiger partial charge in [0.15, 0.2) is 6.61 Å². The number of benzene rings is 1. The highest BCUT2D eigenvalue weighted by Gasteiger charge is 2.09. The summed E-state index contributed by atoms with van der Waals surface area (Å²) in [6, 6.07) is 5.55. The van der Waals surface area contributed by atoms with Gasteiger partial charge in [0.1, 0.15) is 11.5 Å². The summed E-state index contributed by atoms with van der Waals surface area (Å²) in [4.78, 5) is 23.6. The molecule has 1 aromatic carbocycles. The van der Waals surface area contributed by atoms with Crippen molar-refractivity contribution in [3.8, 4) is 11.5 Å². The molecule has 7 heteroatoms. The van der Waals surface area contributed by atoms with Crippen LogP contribution in [0.4, 0.5) is 4.79 Å². The minimum atomic E-state index is -0.514. The fourth-order valence-corrected chi connectivity index (χ4v) is 4.99. The lowest BCUT2D eigenvalue weighted by Gasteiger charge is -2.12. The van der Waals surface area contributed by atoms with Gasteiger partial charge in [0.2, 0.25) is 0 Å². The van der Waals surface area contributed by atoms with Crippen LogP contribution in [0.15, 0.2) is 24.3 Å². The molecule has 0 saturated carbocycles. The van der Waals surface area contributed by atoms with E-state index in [4.69, 9.17) is 4.74 Å². The molecule has 0 bridgehead atoms. The van der Waals surface area contributed by atoms with Gasteiger partial charge in [0.05, 0.1) is 0 Å². The maximum absolute atomic E-state index is 11.8. The van der Waals surface area contributed by atoms with Crippen molar-refractivity contribution in [1.82, 2.24) is 10.6 Å². The van der Waals surface area contributed by atoms with Gasteiger partial charge in [0.25, 0.3) is 5.91 Å². The fourth-order valence-electron chi connectivity index (χ4n) is 4.03. The molecule has 0 aliphatic carbocycles. The molecule has 36 heavy (non-hydrogen) atoms. The Hall–Kier alpha value is -1.89. The largest absolute Gasteiger partial charge is 0.508 e. The Morgan fingerprint density at radius 1 is 0.861 bits per heavy atom. The standard InChI is InChI=1S/C29H50N2O4S/c1-3-4-5-6-7-8-9-10-11-12-13-14-15-16-17-25(2)36-23-22-30-29(34)31-28(33)24-35-27-20-18-26(32)19-21-27/h18-21,25,32H,3-17,22-24H2,1-2H3,(H2,30,31,33,34). The lowest BCUT2D eigenvalue weighted by molar-refractivity contribution is -0.122. The molecule has 0 aliphatic heterocycles. The monoisotopic (exact) mass is 522 g/mol. The van der Waals surface area contributed by atoms with Crippen molar-refractivity contribution in [3.05, 3.63) is 24.3 Å². The normalized spacial score (nSPS) is 11.7. The average Bonchev–Trinajstić information content (AvgIpc) is 2.86. The van der Waals surface area contributed by atoms with Crippen molar-refractivity contribution in [2.24, 2.45) is 0 Å². The molecule has 0 heterocycles. The number of urea groups is 1. The van der Waals surface area contributed by atoms with Crippen LogP contribution in [0.2, 0.25) is 0 Å². The Kier molecular flexibility index (Phi) is 19.9. The number of thioether (sulfide) groups is 1. The molecule has 3 N–H and O–H groups in total. The van der Waals surface area contributed by atoms with Gasteiger partial charge in [0, 0.05) is 17.5 Å². The van der Waals surface area contributed by atoms with E-state index in [9.17, 15) is 14.7 Å². The van der Waals surface area contributed by atoms with E-state index in [2.05, 4.69) is 24.5 Å². The number of carbonyl (C=O) groups is 2. The van der Waals surface area contributed by atoms with E-state index in [1.54, 1.807) is 12.1 Å². The minimum Gasteiger partial charge on any atom is -0.508 e. The zero-order valence-corrected chi connectivity index (χ0v) is 23.5. The molecule has 3 amide bonds. The van der Waals surface area contributed by atoms with Crippen molar-refractivity contribution in [2.45, 2.75) is 115 Å². The molecule has 1 unspecified atom stereocenters. The van der Waals surface area contributed by atoms with E-state index in [0.717, 1.165) is 5.75 Å². The number of phenolic OH excluding ortho intramolecular Hbond substituents is 1. The van der Waals surface area contributed by atoms with E-state index < -0.39 is 11.9 Å². The summed E-state index contributed by atoms with van der Waals surface area (Å²) in [6.07, 6.45) is 20.6. The molecule has 1 aromatic rings. The molecule has 1 rings (SSSR count). The first-order valence-corrected chi connectivity index (χ1v) is 15.2. The first-order chi connectivity index (χ1) is 17.5. The van der Waals surface area contributed by atoms with Crippen molar-refractivity contribution in [2.75, 3.05) is 18.9 Å². The second kappa shape index (κ2) is 22.3. The second-order valence-electron chi connectivity index (χ2n) is 9.65. The van der Waals surface area contributed by atoms with E-state index in [1.807, 2.05) is 11.8 Å². The zero-order valence-electron chi connectivity index (χ0n) is 22.7. The van der Waals surface area contributed by atoms with Gasteiger partial charge < -0.3 is 15.2 Å². The van der Waals surface area contributed by atoms with Crippen LogP contribution < -0.4 is 15.4 Å². The van der Waals surface area contributed by atoms with Crippen LogP contribution in [0.3, 0.4) is 0 Å². The lowest BCUT2D eigenvalue weighted by atomic mass is 10.0. The van der Waals surface area contributed by atoms with Gasteiger partial charge in [-0.25, -0.2) is 4.79 Å². The first-order valence-electron chi connectivity index (χ1n) is 14.1. The summed E-state index contributed by atoms with van der Waals surface area (Å²) in [5.41, 5.74) is 0. The molecule has 0 saturated heterocycles. The smallest absolute Gasteiger partial charge is 0.321 e. The van der Waals surface area contributed by atoms with E-state index >= 15 is 0 Å². The Morgan fingerprint density at radius 2 is 1.39 bits per heavy atom. The molecule has 206 valence electrons. The second-order valence-corrected chi connectivity index (χ2v) is 11.2. The number of hydrogen-bond donors (Lipinski definition) is 3. The van der Waals surface area contributed by atoms with Crippen molar-refractivity contribution >= 4 is 23.7 Å². The van der Waals surface area contributed by atoms with Gasteiger partial charge in [-0.2, -0.15) is 11.8 Å². The number of ether oxygens (including phenoxy) is 1. The predicted molar refractivity (Wildman–Crippen MR) is 152 cm³/mol. The number of amides is 3. The Morgan fingerprint density at radius 3 is 1.94 bits per heavy atom. The fraction of sp³-hybridized carbons (Fsp3) is 0.724. The minimum absolute atomic E-state index is 0.123. The lowest BCUT2D eigenvalue weighted by Crippen LogP contribution is -2.42. The molecule has 0 spiro atoms. The number of rotatable bonds is 22. The Labute approximate surface area is 223 Å². The molecule has 0 aliphatic rings. The molecule has 6 nitrogen and oxygen atoms in total. The third-order valence-electron chi connectivity index (χ3n) is 6.21. The van der Waals surface area contributed by atoms with Gasteiger partial charge in [-0.15, -0.1) is 0 Å². The highest BCUT2D eigenvalue weighted by molar-refractivity contribution is 7.99. The van der Waals surface area contributed by atoms with Crippen LogP contribution in [0.25, 0.3) is 0 Å². The number of nitrogens with one attached hydrogen (secondary N) is 2. The quantitative estimate of drug-likeness (QED) is 0.137. The van der Waals surface area contributed by atoms with E-state index in [-0.39, 0.29) is 12.4 Å². The third kappa shape index (κ3) is 19.3. The summed E-state index contributed by atoms with van der Waals surface area (Å²) in [6.45, 7) is 4.78. The number of aromatic hydroxyl groups is 1. The predicted octanol–water partition coefficient (Wildman–Crippen LogP) is 7.59. The Balaban J connectivity index is 1.87. The van der Waals surface area contributed by atoms with Crippen molar-refractivity contribution in [1.29, 1.82) is 0 Å². The summed E-state index contributed by atoms with van der Waals surface area (Å²) in [7, 11) is 0. The molecular formula is C29H50N2O4S. The average molecular weight is 523 g/mol. The molecule has 1 atom stereocenters. The van der Waals surface area contributed by atoms with Crippen molar-refractivity contribution in [3.63, 3.8) is 0 Å². The molecule has 0 aromatic heterocycles. The van der Waals surface area contributed by atoms with Gasteiger partial charge >= 0.3 is 6.03 Å². The summed E-state index contributed by atoms with van der Waals surface area (Å²) >= 11 is 1.86. The number of imide groups is 1. The topological polar surface area (TPSA) is 87.7 Å². The van der Waals surface area contributed by atoms with Crippen molar-refractivity contribution < 1.29 is 19.4 Å².